The largest absolute Gasteiger partial charge is 0.399 e. The van der Waals surface area contributed by atoms with Crippen LogP contribution in [0.25, 0.3) is 0 Å². The summed E-state index contributed by atoms with van der Waals surface area (Å²) >= 11 is 0. The Hall–Kier alpha value is -1.71. The van der Waals surface area contributed by atoms with Crippen molar-refractivity contribution in [2.75, 3.05) is 11.1 Å². The zero-order chi connectivity index (χ0) is 12.4. The van der Waals surface area contributed by atoms with Crippen LogP contribution in [0.5, 0.6) is 0 Å². The zero-order valence-corrected chi connectivity index (χ0v) is 10.3. The van der Waals surface area contributed by atoms with Gasteiger partial charge in [0.15, 0.2) is 0 Å². The smallest absolute Gasteiger partial charge is 0.242 e. The number of amides is 1. The van der Waals surface area contributed by atoms with E-state index in [1.807, 2.05) is 32.0 Å². The molecular weight excluding hydrogens is 214 g/mol. The highest BCUT2D eigenvalue weighted by Crippen LogP contribution is 2.21. The lowest BCUT2D eigenvalue weighted by molar-refractivity contribution is -0.121. The van der Waals surface area contributed by atoms with E-state index in [0.717, 1.165) is 24.1 Å². The van der Waals surface area contributed by atoms with E-state index in [4.69, 9.17) is 5.73 Å². The number of hydrogen-bond donors (Lipinski definition) is 3. The molecule has 1 aromatic carbocycles. The lowest BCUT2D eigenvalue weighted by Gasteiger charge is -2.17. The lowest BCUT2D eigenvalue weighted by Crippen LogP contribution is -2.38. The first-order valence-electron chi connectivity index (χ1n) is 5.99. The summed E-state index contributed by atoms with van der Waals surface area (Å²) in [5.74, 6) is 0.0503. The number of benzene rings is 1. The second-order valence-corrected chi connectivity index (χ2v) is 4.72. The fourth-order valence-corrected chi connectivity index (χ4v) is 1.65. The first-order chi connectivity index (χ1) is 8.06. The van der Waals surface area contributed by atoms with Crippen molar-refractivity contribution in [1.29, 1.82) is 0 Å². The summed E-state index contributed by atoms with van der Waals surface area (Å²) in [5, 5.41) is 6.17. The molecule has 0 radical (unpaired) electrons. The molecule has 4 nitrogen and oxygen atoms in total. The van der Waals surface area contributed by atoms with Gasteiger partial charge in [0.2, 0.25) is 5.91 Å². The monoisotopic (exact) mass is 233 g/mol. The standard InChI is InChI=1S/C13H19N3O/c1-8-3-4-10(14)7-12(8)15-9(2)13(17)16-11-5-6-11/h3-4,7,9,11,15H,5-6,14H2,1-2H3,(H,16,17). The van der Waals surface area contributed by atoms with Crippen LogP contribution in [0.15, 0.2) is 18.2 Å². The van der Waals surface area contributed by atoms with Gasteiger partial charge in [-0.05, 0) is 44.4 Å². The van der Waals surface area contributed by atoms with Gasteiger partial charge >= 0.3 is 0 Å². The molecule has 1 amide bonds. The Morgan fingerprint density at radius 2 is 2.18 bits per heavy atom. The van der Waals surface area contributed by atoms with Crippen molar-refractivity contribution >= 4 is 17.3 Å². The fourth-order valence-electron chi connectivity index (χ4n) is 1.65. The van der Waals surface area contributed by atoms with Gasteiger partial charge < -0.3 is 16.4 Å². The Balaban J connectivity index is 1.98. The molecule has 1 saturated carbocycles. The molecule has 1 unspecified atom stereocenters. The van der Waals surface area contributed by atoms with Crippen molar-refractivity contribution in [2.45, 2.75) is 38.8 Å². The van der Waals surface area contributed by atoms with Crippen LogP contribution in [0, 0.1) is 6.92 Å². The summed E-state index contributed by atoms with van der Waals surface area (Å²) in [4.78, 5) is 11.8. The van der Waals surface area contributed by atoms with Crippen molar-refractivity contribution in [3.8, 4) is 0 Å². The molecule has 0 bridgehead atoms. The average molecular weight is 233 g/mol. The third-order valence-corrected chi connectivity index (χ3v) is 2.95. The topological polar surface area (TPSA) is 67.1 Å². The molecule has 2 rings (SSSR count). The van der Waals surface area contributed by atoms with Gasteiger partial charge in [0.1, 0.15) is 6.04 Å². The molecule has 0 saturated heterocycles. The Labute approximate surface area is 102 Å². The van der Waals surface area contributed by atoms with Crippen LogP contribution in [0.4, 0.5) is 11.4 Å². The van der Waals surface area contributed by atoms with E-state index in [9.17, 15) is 4.79 Å². The normalized spacial score (nSPS) is 16.4. The average Bonchev–Trinajstić information content (AvgIpc) is 3.07. The minimum Gasteiger partial charge on any atom is -0.399 e. The molecule has 17 heavy (non-hydrogen) atoms. The molecule has 1 atom stereocenters. The quantitative estimate of drug-likeness (QED) is 0.693. The highest BCUT2D eigenvalue weighted by Gasteiger charge is 2.25. The van der Waals surface area contributed by atoms with Crippen LogP contribution in [0.2, 0.25) is 0 Å². The number of aryl methyl sites for hydroxylation is 1. The van der Waals surface area contributed by atoms with Gasteiger partial charge in [-0.2, -0.15) is 0 Å². The number of nitrogens with one attached hydrogen (secondary N) is 2. The summed E-state index contributed by atoms with van der Waals surface area (Å²) in [7, 11) is 0. The van der Waals surface area contributed by atoms with Crippen molar-refractivity contribution in [3.05, 3.63) is 23.8 Å². The van der Waals surface area contributed by atoms with Gasteiger partial charge in [-0.3, -0.25) is 4.79 Å². The van der Waals surface area contributed by atoms with Crippen LogP contribution < -0.4 is 16.4 Å². The molecule has 92 valence electrons. The number of hydrogen-bond acceptors (Lipinski definition) is 3. The lowest BCUT2D eigenvalue weighted by atomic mass is 10.1. The SMILES string of the molecule is Cc1ccc(N)cc1NC(C)C(=O)NC1CC1. The Morgan fingerprint density at radius 3 is 2.82 bits per heavy atom. The molecule has 0 aliphatic heterocycles. The Morgan fingerprint density at radius 1 is 1.47 bits per heavy atom. The molecule has 4 N–H and O–H groups in total. The molecule has 0 heterocycles. The van der Waals surface area contributed by atoms with Gasteiger partial charge in [-0.25, -0.2) is 0 Å². The maximum atomic E-state index is 11.8. The molecule has 0 aromatic heterocycles. The fraction of sp³-hybridized carbons (Fsp3) is 0.462. The number of rotatable bonds is 4. The molecule has 0 spiro atoms. The Kier molecular flexibility index (Phi) is 3.22. The minimum atomic E-state index is -0.240. The summed E-state index contributed by atoms with van der Waals surface area (Å²) in [6.07, 6.45) is 2.21. The van der Waals surface area contributed by atoms with Gasteiger partial charge in [0.25, 0.3) is 0 Å². The van der Waals surface area contributed by atoms with E-state index in [1.165, 1.54) is 0 Å². The van der Waals surface area contributed by atoms with Gasteiger partial charge in [-0.1, -0.05) is 6.07 Å². The van der Waals surface area contributed by atoms with Crippen LogP contribution in [-0.2, 0) is 4.79 Å². The van der Waals surface area contributed by atoms with Crippen molar-refractivity contribution in [1.82, 2.24) is 5.32 Å². The molecule has 1 aromatic rings. The summed E-state index contributed by atoms with van der Waals surface area (Å²) in [6.45, 7) is 3.85. The van der Waals surface area contributed by atoms with E-state index in [0.29, 0.717) is 11.7 Å². The zero-order valence-electron chi connectivity index (χ0n) is 10.3. The van der Waals surface area contributed by atoms with Crippen molar-refractivity contribution < 1.29 is 4.79 Å². The number of carbonyl (C=O) groups excluding carboxylic acids is 1. The molecule has 1 aliphatic rings. The summed E-state index contributed by atoms with van der Waals surface area (Å²) in [6, 6.07) is 5.82. The molecule has 1 fully saturated rings. The van der Waals surface area contributed by atoms with Gasteiger partial charge in [0, 0.05) is 17.4 Å². The van der Waals surface area contributed by atoms with E-state index in [1.54, 1.807) is 0 Å². The van der Waals surface area contributed by atoms with E-state index >= 15 is 0 Å². The van der Waals surface area contributed by atoms with Crippen molar-refractivity contribution in [2.24, 2.45) is 0 Å². The predicted molar refractivity (Wildman–Crippen MR) is 69.8 cm³/mol. The highest BCUT2D eigenvalue weighted by atomic mass is 16.2. The van der Waals surface area contributed by atoms with Gasteiger partial charge in [0.05, 0.1) is 0 Å². The maximum Gasteiger partial charge on any atom is 0.242 e. The number of nitrogen functional groups attached to an aromatic ring is 1. The number of carbonyl (C=O) groups is 1. The second-order valence-electron chi connectivity index (χ2n) is 4.72. The van der Waals surface area contributed by atoms with Crippen LogP contribution in [0.3, 0.4) is 0 Å². The van der Waals surface area contributed by atoms with Crippen LogP contribution in [-0.4, -0.2) is 18.0 Å². The molecular formula is C13H19N3O. The van der Waals surface area contributed by atoms with Crippen LogP contribution >= 0.6 is 0 Å². The molecule has 4 heteroatoms. The van der Waals surface area contributed by atoms with E-state index in [2.05, 4.69) is 10.6 Å². The molecule has 1 aliphatic carbocycles. The summed E-state index contributed by atoms with van der Waals surface area (Å²) in [5.41, 5.74) is 8.44. The van der Waals surface area contributed by atoms with Crippen molar-refractivity contribution in [3.63, 3.8) is 0 Å². The third kappa shape index (κ3) is 3.12. The third-order valence-electron chi connectivity index (χ3n) is 2.95. The second kappa shape index (κ2) is 4.65. The number of anilines is 2. The first kappa shape index (κ1) is 11.8. The number of nitrogens with two attached hydrogens (primary N) is 1. The highest BCUT2D eigenvalue weighted by molar-refractivity contribution is 5.85. The predicted octanol–water partition coefficient (Wildman–Crippen LogP) is 1.66. The Bertz CT molecular complexity index is 427. The van der Waals surface area contributed by atoms with E-state index in [-0.39, 0.29) is 11.9 Å². The van der Waals surface area contributed by atoms with Gasteiger partial charge in [-0.15, -0.1) is 0 Å². The van der Waals surface area contributed by atoms with Crippen LogP contribution in [0.1, 0.15) is 25.3 Å². The first-order valence-corrected chi connectivity index (χ1v) is 5.99. The minimum absolute atomic E-state index is 0.0503. The maximum absolute atomic E-state index is 11.8. The summed E-state index contributed by atoms with van der Waals surface area (Å²) < 4.78 is 0. The van der Waals surface area contributed by atoms with E-state index < -0.39 is 0 Å².